The van der Waals surface area contributed by atoms with Crippen LogP contribution in [0, 0.1) is 5.82 Å². The van der Waals surface area contributed by atoms with Gasteiger partial charge in [-0.15, -0.1) is 0 Å². The number of hydrogen-bond acceptors (Lipinski definition) is 3. The molecule has 3 aromatic rings. The number of phenolic OH excluding ortho intramolecular Hbond substituents is 1. The molecule has 0 aliphatic carbocycles. The number of hydrogen-bond donors (Lipinski definition) is 3. The Bertz CT molecular complexity index is 1020. The normalized spacial score (nSPS) is 10.4. The summed E-state index contributed by atoms with van der Waals surface area (Å²) < 4.78 is 13.3. The summed E-state index contributed by atoms with van der Waals surface area (Å²) in [5.74, 6) is -0.837. The first-order valence-corrected chi connectivity index (χ1v) is 9.21. The first-order chi connectivity index (χ1) is 14.0. The third-order valence-electron chi connectivity index (χ3n) is 4.37. The molecule has 0 aromatic heterocycles. The second kappa shape index (κ2) is 9.50. The van der Waals surface area contributed by atoms with E-state index in [-0.39, 0.29) is 23.6 Å². The van der Waals surface area contributed by atoms with Crippen LogP contribution in [0.5, 0.6) is 5.75 Å². The van der Waals surface area contributed by atoms with Crippen molar-refractivity contribution in [3.63, 3.8) is 0 Å². The Labute approximate surface area is 168 Å². The quantitative estimate of drug-likeness (QED) is 0.568. The van der Waals surface area contributed by atoms with Crippen molar-refractivity contribution < 1.29 is 19.1 Å². The van der Waals surface area contributed by atoms with Crippen LogP contribution in [0.3, 0.4) is 0 Å². The van der Waals surface area contributed by atoms with E-state index in [4.69, 9.17) is 0 Å². The highest BCUT2D eigenvalue weighted by molar-refractivity contribution is 6.04. The van der Waals surface area contributed by atoms with Crippen molar-refractivity contribution in [2.24, 2.45) is 0 Å². The minimum Gasteiger partial charge on any atom is -0.508 e. The number of carbonyl (C=O) groups is 2. The van der Waals surface area contributed by atoms with Crippen molar-refractivity contribution in [3.8, 4) is 5.75 Å². The highest BCUT2D eigenvalue weighted by Crippen LogP contribution is 2.17. The number of halogens is 1. The molecular formula is C23H21FN2O3. The van der Waals surface area contributed by atoms with E-state index in [0.717, 1.165) is 11.1 Å². The molecule has 0 aliphatic heterocycles. The van der Waals surface area contributed by atoms with Gasteiger partial charge in [-0.1, -0.05) is 36.4 Å². The van der Waals surface area contributed by atoms with Gasteiger partial charge >= 0.3 is 0 Å². The van der Waals surface area contributed by atoms with E-state index in [9.17, 15) is 19.1 Å². The maximum atomic E-state index is 13.3. The number of benzene rings is 3. The van der Waals surface area contributed by atoms with Crippen LogP contribution < -0.4 is 10.6 Å². The van der Waals surface area contributed by atoms with Crippen LogP contribution in [-0.2, 0) is 17.8 Å². The van der Waals surface area contributed by atoms with E-state index in [1.54, 1.807) is 36.4 Å². The molecule has 6 heteroatoms. The number of phenols is 1. The summed E-state index contributed by atoms with van der Waals surface area (Å²) in [4.78, 5) is 24.3. The summed E-state index contributed by atoms with van der Waals surface area (Å²) in [6, 6.07) is 19.5. The topological polar surface area (TPSA) is 78.4 Å². The number of anilines is 1. The van der Waals surface area contributed by atoms with Crippen molar-refractivity contribution in [3.05, 3.63) is 95.3 Å². The molecule has 3 N–H and O–H groups in total. The number of rotatable bonds is 7. The molecule has 0 saturated carbocycles. The third kappa shape index (κ3) is 5.90. The Morgan fingerprint density at radius 1 is 0.931 bits per heavy atom. The lowest BCUT2D eigenvalue weighted by Crippen LogP contribution is -2.23. The molecule has 0 aliphatic rings. The Morgan fingerprint density at radius 2 is 1.72 bits per heavy atom. The first-order valence-electron chi connectivity index (χ1n) is 9.21. The van der Waals surface area contributed by atoms with E-state index in [2.05, 4.69) is 10.6 Å². The van der Waals surface area contributed by atoms with Crippen molar-refractivity contribution in [1.82, 2.24) is 5.32 Å². The minimum atomic E-state index is -0.474. The molecule has 0 atom stereocenters. The smallest absolute Gasteiger partial charge is 0.255 e. The van der Waals surface area contributed by atoms with Crippen LogP contribution in [0.25, 0.3) is 0 Å². The summed E-state index contributed by atoms with van der Waals surface area (Å²) in [6.45, 7) is 0.309. The zero-order chi connectivity index (χ0) is 20.6. The largest absolute Gasteiger partial charge is 0.508 e. The van der Waals surface area contributed by atoms with Gasteiger partial charge in [0.2, 0.25) is 5.91 Å². The minimum absolute atomic E-state index is 0.137. The number of carbonyl (C=O) groups excluding carboxylic acids is 2. The highest BCUT2D eigenvalue weighted by atomic mass is 19.1. The van der Waals surface area contributed by atoms with Crippen molar-refractivity contribution in [2.75, 3.05) is 5.32 Å². The van der Waals surface area contributed by atoms with E-state index in [1.165, 1.54) is 24.3 Å². The van der Waals surface area contributed by atoms with Gasteiger partial charge in [-0.25, -0.2) is 4.39 Å². The van der Waals surface area contributed by atoms with Crippen molar-refractivity contribution >= 4 is 17.5 Å². The zero-order valence-corrected chi connectivity index (χ0v) is 15.7. The molecule has 0 unspecified atom stereocenters. The molecule has 0 radical (unpaired) electrons. The molecule has 5 nitrogen and oxygen atoms in total. The summed E-state index contributed by atoms with van der Waals surface area (Å²) in [5.41, 5.74) is 2.33. The van der Waals surface area contributed by atoms with Gasteiger partial charge in [-0.2, -0.15) is 0 Å². The average Bonchev–Trinajstić information content (AvgIpc) is 2.72. The number of aromatic hydroxyl groups is 1. The molecule has 148 valence electrons. The zero-order valence-electron chi connectivity index (χ0n) is 15.7. The number of aryl methyl sites for hydroxylation is 1. The molecular weight excluding hydrogens is 371 g/mol. The predicted octanol–water partition coefficient (Wildman–Crippen LogP) is 4.03. The molecule has 0 heterocycles. The molecule has 3 aromatic carbocycles. The Morgan fingerprint density at radius 3 is 2.52 bits per heavy atom. The fourth-order valence-electron chi connectivity index (χ4n) is 2.85. The van der Waals surface area contributed by atoms with Gasteiger partial charge in [-0.3, -0.25) is 9.59 Å². The molecule has 0 fully saturated rings. The Hall–Kier alpha value is -3.67. The summed E-state index contributed by atoms with van der Waals surface area (Å²) in [6.07, 6.45) is 0.704. The van der Waals surface area contributed by atoms with Crippen molar-refractivity contribution in [1.29, 1.82) is 0 Å². The monoisotopic (exact) mass is 392 g/mol. The highest BCUT2D eigenvalue weighted by Gasteiger charge is 2.08. The van der Waals surface area contributed by atoms with E-state index >= 15 is 0 Å². The predicted molar refractivity (Wildman–Crippen MR) is 109 cm³/mol. The van der Waals surface area contributed by atoms with Gasteiger partial charge in [0.25, 0.3) is 5.91 Å². The number of para-hydroxylation sites is 1. The second-order valence-electron chi connectivity index (χ2n) is 6.57. The number of nitrogens with one attached hydrogen (secondary N) is 2. The fourth-order valence-corrected chi connectivity index (χ4v) is 2.85. The van der Waals surface area contributed by atoms with Gasteiger partial charge in [0.05, 0.1) is 0 Å². The molecule has 3 rings (SSSR count). The lowest BCUT2D eigenvalue weighted by atomic mass is 10.1. The van der Waals surface area contributed by atoms with Crippen LogP contribution in [-0.4, -0.2) is 16.9 Å². The van der Waals surface area contributed by atoms with Crippen LogP contribution in [0.15, 0.2) is 72.8 Å². The van der Waals surface area contributed by atoms with E-state index < -0.39 is 11.7 Å². The van der Waals surface area contributed by atoms with Crippen LogP contribution >= 0.6 is 0 Å². The Balaban J connectivity index is 1.52. The third-order valence-corrected chi connectivity index (χ3v) is 4.37. The van der Waals surface area contributed by atoms with Crippen LogP contribution in [0.1, 0.15) is 27.9 Å². The average molecular weight is 392 g/mol. The molecule has 0 bridgehead atoms. The maximum Gasteiger partial charge on any atom is 0.255 e. The number of amides is 2. The van der Waals surface area contributed by atoms with E-state index in [1.807, 2.05) is 12.1 Å². The lowest BCUT2D eigenvalue weighted by molar-refractivity contribution is -0.121. The van der Waals surface area contributed by atoms with Gasteiger partial charge in [0.15, 0.2) is 0 Å². The summed E-state index contributed by atoms with van der Waals surface area (Å²) in [5, 5.41) is 15.3. The first kappa shape index (κ1) is 20.1. The lowest BCUT2D eigenvalue weighted by Gasteiger charge is -2.09. The molecule has 0 spiro atoms. The standard InChI is InChI=1S/C23H21FN2O3/c24-19-8-4-7-18(14-19)23(29)26-20-9-3-5-16(13-20)15-25-22(28)12-11-17-6-1-2-10-21(17)27/h1-10,13-14,27H,11-12,15H2,(H,25,28)(H,26,29). The molecule has 2 amide bonds. The Kier molecular flexibility index (Phi) is 6.58. The summed E-state index contributed by atoms with van der Waals surface area (Å²) in [7, 11) is 0. The van der Waals surface area contributed by atoms with Gasteiger partial charge in [0, 0.05) is 24.2 Å². The van der Waals surface area contributed by atoms with Crippen LogP contribution in [0.2, 0.25) is 0 Å². The van der Waals surface area contributed by atoms with Gasteiger partial charge < -0.3 is 15.7 Å². The van der Waals surface area contributed by atoms with Crippen molar-refractivity contribution in [2.45, 2.75) is 19.4 Å². The van der Waals surface area contributed by atoms with E-state index in [0.29, 0.717) is 18.7 Å². The van der Waals surface area contributed by atoms with Crippen LogP contribution in [0.4, 0.5) is 10.1 Å². The molecule has 29 heavy (non-hydrogen) atoms. The van der Waals surface area contributed by atoms with Gasteiger partial charge in [-0.05, 0) is 53.9 Å². The SMILES string of the molecule is O=C(CCc1ccccc1O)NCc1cccc(NC(=O)c2cccc(F)c2)c1. The molecule has 0 saturated heterocycles. The second-order valence-corrected chi connectivity index (χ2v) is 6.57. The summed E-state index contributed by atoms with van der Waals surface area (Å²) >= 11 is 0. The van der Waals surface area contributed by atoms with Gasteiger partial charge in [0.1, 0.15) is 11.6 Å². The maximum absolute atomic E-state index is 13.3. The fraction of sp³-hybridized carbons (Fsp3) is 0.130.